The zero-order valence-electron chi connectivity index (χ0n) is 11.8. The molecule has 0 aromatic carbocycles. The first-order chi connectivity index (χ1) is 8.75. The largest absolute Gasteiger partial charge is 0.370 e. The molecule has 4 nitrogen and oxygen atoms in total. The van der Waals surface area contributed by atoms with Crippen LogP contribution in [0.15, 0.2) is 4.99 Å². The number of rotatable bonds is 3. The summed E-state index contributed by atoms with van der Waals surface area (Å²) >= 11 is 0. The molecule has 0 radical (unpaired) electrons. The summed E-state index contributed by atoms with van der Waals surface area (Å²) in [6.07, 6.45) is 6.68. The highest BCUT2D eigenvalue weighted by Gasteiger charge is 2.17. The Morgan fingerprint density at radius 1 is 1.17 bits per heavy atom. The molecule has 2 fully saturated rings. The lowest BCUT2D eigenvalue weighted by atomic mass is 10.0. The fraction of sp³-hybridized carbons (Fsp3) is 0.929. The van der Waals surface area contributed by atoms with E-state index in [1.54, 1.807) is 0 Å². The van der Waals surface area contributed by atoms with Crippen LogP contribution in [0.5, 0.6) is 0 Å². The van der Waals surface area contributed by atoms with E-state index < -0.39 is 0 Å². The first-order valence-electron chi connectivity index (χ1n) is 7.53. The van der Waals surface area contributed by atoms with E-state index in [1.165, 1.54) is 45.2 Å². The van der Waals surface area contributed by atoms with Gasteiger partial charge in [0.15, 0.2) is 5.96 Å². The zero-order valence-corrected chi connectivity index (χ0v) is 11.8. The molecule has 2 N–H and O–H groups in total. The standard InChI is InChI=1S/C14H28N4/c1-13-6-5-10-18(12-13)14(15)16-7-11-17-8-3-2-4-9-17/h13H,2-12H2,1H3,(H2,15,16). The molecule has 2 aliphatic rings. The predicted molar refractivity (Wildman–Crippen MR) is 76.8 cm³/mol. The minimum absolute atomic E-state index is 0.759. The Labute approximate surface area is 111 Å². The molecule has 0 aliphatic carbocycles. The molecule has 0 aromatic heterocycles. The highest BCUT2D eigenvalue weighted by atomic mass is 15.3. The van der Waals surface area contributed by atoms with Crippen LogP contribution in [-0.2, 0) is 0 Å². The van der Waals surface area contributed by atoms with Crippen molar-refractivity contribution < 1.29 is 0 Å². The van der Waals surface area contributed by atoms with Gasteiger partial charge in [-0.1, -0.05) is 13.3 Å². The zero-order chi connectivity index (χ0) is 12.8. The number of guanidine groups is 1. The molecular weight excluding hydrogens is 224 g/mol. The van der Waals surface area contributed by atoms with Gasteiger partial charge >= 0.3 is 0 Å². The average molecular weight is 252 g/mol. The molecule has 0 bridgehead atoms. The number of nitrogens with zero attached hydrogens (tertiary/aromatic N) is 3. The summed E-state index contributed by atoms with van der Waals surface area (Å²) in [5, 5.41) is 0. The molecule has 0 aromatic rings. The maximum absolute atomic E-state index is 6.08. The van der Waals surface area contributed by atoms with Gasteiger partial charge in [-0.2, -0.15) is 0 Å². The van der Waals surface area contributed by atoms with E-state index in [4.69, 9.17) is 5.73 Å². The molecule has 0 spiro atoms. The number of hydrogen-bond donors (Lipinski definition) is 1. The number of piperidine rings is 2. The molecule has 1 unspecified atom stereocenters. The summed E-state index contributed by atoms with van der Waals surface area (Å²) in [7, 11) is 0. The third-order valence-corrected chi connectivity index (χ3v) is 4.12. The molecule has 4 heteroatoms. The third-order valence-electron chi connectivity index (χ3n) is 4.12. The van der Waals surface area contributed by atoms with Crippen molar-refractivity contribution in [3.63, 3.8) is 0 Å². The lowest BCUT2D eigenvalue weighted by Gasteiger charge is -2.32. The lowest BCUT2D eigenvalue weighted by Crippen LogP contribution is -2.44. The van der Waals surface area contributed by atoms with Crippen LogP contribution in [0.3, 0.4) is 0 Å². The Balaban J connectivity index is 1.70. The summed E-state index contributed by atoms with van der Waals surface area (Å²) in [6.45, 7) is 8.89. The van der Waals surface area contributed by atoms with Crippen LogP contribution in [0.1, 0.15) is 39.0 Å². The second-order valence-corrected chi connectivity index (χ2v) is 5.84. The number of nitrogens with two attached hydrogens (primary N) is 1. The maximum atomic E-state index is 6.08. The molecule has 2 aliphatic heterocycles. The smallest absolute Gasteiger partial charge is 0.191 e. The average Bonchev–Trinajstić information content (AvgIpc) is 2.40. The van der Waals surface area contributed by atoms with Crippen LogP contribution in [0.4, 0.5) is 0 Å². The normalized spacial score (nSPS) is 27.5. The van der Waals surface area contributed by atoms with E-state index in [2.05, 4.69) is 21.7 Å². The van der Waals surface area contributed by atoms with Gasteiger partial charge in [0, 0.05) is 19.6 Å². The number of likely N-dealkylation sites (tertiary alicyclic amines) is 2. The van der Waals surface area contributed by atoms with Gasteiger partial charge in [0.1, 0.15) is 0 Å². The Bertz CT molecular complexity index is 271. The molecule has 2 heterocycles. The van der Waals surface area contributed by atoms with E-state index in [9.17, 15) is 0 Å². The molecule has 18 heavy (non-hydrogen) atoms. The molecular formula is C14H28N4. The third kappa shape index (κ3) is 4.16. The molecule has 0 amide bonds. The van der Waals surface area contributed by atoms with Gasteiger partial charge in [-0.05, 0) is 44.7 Å². The van der Waals surface area contributed by atoms with Gasteiger partial charge < -0.3 is 15.5 Å². The quantitative estimate of drug-likeness (QED) is 0.612. The van der Waals surface area contributed by atoms with Crippen LogP contribution >= 0.6 is 0 Å². The van der Waals surface area contributed by atoms with E-state index in [0.717, 1.165) is 38.1 Å². The van der Waals surface area contributed by atoms with Gasteiger partial charge in [0.2, 0.25) is 0 Å². The van der Waals surface area contributed by atoms with Crippen LogP contribution in [0, 0.1) is 5.92 Å². The molecule has 0 saturated carbocycles. The first kappa shape index (κ1) is 13.7. The van der Waals surface area contributed by atoms with Gasteiger partial charge in [0.05, 0.1) is 6.54 Å². The monoisotopic (exact) mass is 252 g/mol. The van der Waals surface area contributed by atoms with Crippen molar-refractivity contribution in [1.82, 2.24) is 9.80 Å². The van der Waals surface area contributed by atoms with Crippen molar-refractivity contribution in [1.29, 1.82) is 0 Å². The van der Waals surface area contributed by atoms with E-state index >= 15 is 0 Å². The Morgan fingerprint density at radius 3 is 2.67 bits per heavy atom. The summed E-state index contributed by atoms with van der Waals surface area (Å²) in [5.74, 6) is 1.52. The molecule has 2 saturated heterocycles. The second kappa shape index (κ2) is 6.98. The van der Waals surface area contributed by atoms with Gasteiger partial charge in [-0.25, -0.2) is 0 Å². The van der Waals surface area contributed by atoms with Crippen LogP contribution in [0.25, 0.3) is 0 Å². The number of aliphatic imine (C=N–C) groups is 1. The Morgan fingerprint density at radius 2 is 1.94 bits per heavy atom. The second-order valence-electron chi connectivity index (χ2n) is 5.84. The van der Waals surface area contributed by atoms with E-state index in [1.807, 2.05) is 0 Å². The van der Waals surface area contributed by atoms with Gasteiger partial charge in [-0.3, -0.25) is 4.99 Å². The Kier molecular flexibility index (Phi) is 5.29. The summed E-state index contributed by atoms with van der Waals surface area (Å²) in [6, 6.07) is 0. The van der Waals surface area contributed by atoms with Crippen molar-refractivity contribution in [2.45, 2.75) is 39.0 Å². The molecule has 2 rings (SSSR count). The van der Waals surface area contributed by atoms with E-state index in [-0.39, 0.29) is 0 Å². The van der Waals surface area contributed by atoms with Crippen molar-refractivity contribution in [2.75, 3.05) is 39.3 Å². The fourth-order valence-corrected chi connectivity index (χ4v) is 2.99. The van der Waals surface area contributed by atoms with Gasteiger partial charge in [0.25, 0.3) is 0 Å². The van der Waals surface area contributed by atoms with Crippen molar-refractivity contribution in [2.24, 2.45) is 16.6 Å². The molecule has 104 valence electrons. The fourth-order valence-electron chi connectivity index (χ4n) is 2.99. The maximum Gasteiger partial charge on any atom is 0.191 e. The minimum Gasteiger partial charge on any atom is -0.370 e. The summed E-state index contributed by atoms with van der Waals surface area (Å²) in [4.78, 5) is 9.32. The van der Waals surface area contributed by atoms with Crippen LogP contribution in [-0.4, -0.2) is 55.0 Å². The SMILES string of the molecule is CC1CCCN(C(N)=NCCN2CCCCC2)C1. The lowest BCUT2D eigenvalue weighted by molar-refractivity contribution is 0.234. The predicted octanol–water partition coefficient (Wildman–Crippen LogP) is 1.52. The van der Waals surface area contributed by atoms with Crippen molar-refractivity contribution in [3.05, 3.63) is 0 Å². The Hall–Kier alpha value is -0.770. The van der Waals surface area contributed by atoms with Gasteiger partial charge in [-0.15, -0.1) is 0 Å². The van der Waals surface area contributed by atoms with Crippen LogP contribution < -0.4 is 5.73 Å². The van der Waals surface area contributed by atoms with E-state index in [0.29, 0.717) is 0 Å². The number of hydrogen-bond acceptors (Lipinski definition) is 2. The van der Waals surface area contributed by atoms with Crippen molar-refractivity contribution >= 4 is 5.96 Å². The summed E-state index contributed by atoms with van der Waals surface area (Å²) in [5.41, 5.74) is 6.08. The topological polar surface area (TPSA) is 44.9 Å². The molecule has 1 atom stereocenters. The van der Waals surface area contributed by atoms with Crippen LogP contribution in [0.2, 0.25) is 0 Å². The van der Waals surface area contributed by atoms with Crippen molar-refractivity contribution in [3.8, 4) is 0 Å². The first-order valence-corrected chi connectivity index (χ1v) is 7.53. The summed E-state index contributed by atoms with van der Waals surface area (Å²) < 4.78 is 0. The highest BCUT2D eigenvalue weighted by Crippen LogP contribution is 2.14. The highest BCUT2D eigenvalue weighted by molar-refractivity contribution is 5.78. The minimum atomic E-state index is 0.759.